The standard InChI is InChI=1S/C17H11FN4S/c18-12-2-4-13(5-3-12)22-17-14-7-11(16-8-19-10-23-16)1-6-15(14)20-9-21-17/h1-10H,(H,20,21,22). The molecule has 4 aromatic rings. The number of aromatic nitrogens is 3. The molecule has 0 bridgehead atoms. The summed E-state index contributed by atoms with van der Waals surface area (Å²) < 4.78 is 13.0. The maximum Gasteiger partial charge on any atom is 0.141 e. The van der Waals surface area contributed by atoms with Crippen molar-refractivity contribution in [2.75, 3.05) is 5.32 Å². The van der Waals surface area contributed by atoms with Crippen molar-refractivity contribution in [3.05, 3.63) is 66.3 Å². The normalized spacial score (nSPS) is 10.8. The third-order valence-corrected chi connectivity index (χ3v) is 4.28. The van der Waals surface area contributed by atoms with Gasteiger partial charge in [-0.15, -0.1) is 11.3 Å². The van der Waals surface area contributed by atoms with Gasteiger partial charge in [0.25, 0.3) is 0 Å². The molecule has 1 N–H and O–H groups in total. The van der Waals surface area contributed by atoms with Crippen molar-refractivity contribution < 1.29 is 4.39 Å². The molecule has 112 valence electrons. The van der Waals surface area contributed by atoms with Crippen LogP contribution in [0, 0.1) is 5.82 Å². The highest BCUT2D eigenvalue weighted by Crippen LogP contribution is 2.30. The third-order valence-electron chi connectivity index (χ3n) is 3.46. The molecule has 0 aliphatic carbocycles. The summed E-state index contributed by atoms with van der Waals surface area (Å²) in [5, 5.41) is 4.12. The van der Waals surface area contributed by atoms with Gasteiger partial charge in [-0.1, -0.05) is 6.07 Å². The minimum atomic E-state index is -0.268. The lowest BCUT2D eigenvalue weighted by molar-refractivity contribution is 0.628. The van der Waals surface area contributed by atoms with Gasteiger partial charge in [0.1, 0.15) is 18.0 Å². The topological polar surface area (TPSA) is 50.7 Å². The predicted octanol–water partition coefficient (Wildman–Crippen LogP) is 4.64. The van der Waals surface area contributed by atoms with E-state index in [-0.39, 0.29) is 5.82 Å². The second-order valence-electron chi connectivity index (χ2n) is 4.95. The van der Waals surface area contributed by atoms with Crippen LogP contribution in [0.25, 0.3) is 21.3 Å². The first-order valence-electron chi connectivity index (χ1n) is 6.96. The van der Waals surface area contributed by atoms with Gasteiger partial charge in [0.05, 0.1) is 15.9 Å². The molecule has 2 aromatic heterocycles. The predicted molar refractivity (Wildman–Crippen MR) is 90.3 cm³/mol. The van der Waals surface area contributed by atoms with E-state index in [1.807, 2.05) is 24.4 Å². The van der Waals surface area contributed by atoms with Gasteiger partial charge in [0.15, 0.2) is 0 Å². The number of hydrogen-bond acceptors (Lipinski definition) is 5. The van der Waals surface area contributed by atoms with E-state index in [1.165, 1.54) is 18.5 Å². The Morgan fingerprint density at radius 3 is 2.65 bits per heavy atom. The molecule has 0 spiro atoms. The molecule has 0 unspecified atom stereocenters. The second-order valence-corrected chi connectivity index (χ2v) is 5.84. The van der Waals surface area contributed by atoms with Crippen molar-refractivity contribution in [2.24, 2.45) is 0 Å². The lowest BCUT2D eigenvalue weighted by atomic mass is 10.1. The highest BCUT2D eigenvalue weighted by Gasteiger charge is 2.07. The van der Waals surface area contributed by atoms with E-state index in [0.717, 1.165) is 27.0 Å². The van der Waals surface area contributed by atoms with E-state index in [0.29, 0.717) is 5.82 Å². The number of halogens is 1. The average molecular weight is 322 g/mol. The second kappa shape index (κ2) is 5.73. The van der Waals surface area contributed by atoms with Crippen LogP contribution < -0.4 is 5.32 Å². The minimum Gasteiger partial charge on any atom is -0.340 e. The zero-order valence-corrected chi connectivity index (χ0v) is 12.7. The van der Waals surface area contributed by atoms with E-state index < -0.39 is 0 Å². The fraction of sp³-hybridized carbons (Fsp3) is 0. The molecule has 0 saturated carbocycles. The van der Waals surface area contributed by atoms with Gasteiger partial charge in [0, 0.05) is 17.3 Å². The zero-order valence-electron chi connectivity index (χ0n) is 11.9. The molecule has 0 fully saturated rings. The molecule has 0 aliphatic heterocycles. The Kier molecular flexibility index (Phi) is 3.44. The smallest absolute Gasteiger partial charge is 0.141 e. The van der Waals surface area contributed by atoms with Gasteiger partial charge in [0.2, 0.25) is 0 Å². The van der Waals surface area contributed by atoms with Gasteiger partial charge in [-0.3, -0.25) is 4.98 Å². The lowest BCUT2D eigenvalue weighted by Crippen LogP contribution is -1.96. The van der Waals surface area contributed by atoms with E-state index >= 15 is 0 Å². The number of thiazole rings is 1. The summed E-state index contributed by atoms with van der Waals surface area (Å²) in [5.74, 6) is 0.420. The Morgan fingerprint density at radius 2 is 1.87 bits per heavy atom. The van der Waals surface area contributed by atoms with Crippen molar-refractivity contribution in [1.82, 2.24) is 15.0 Å². The van der Waals surface area contributed by atoms with Gasteiger partial charge in [-0.2, -0.15) is 0 Å². The fourth-order valence-corrected chi connectivity index (χ4v) is 2.96. The SMILES string of the molecule is Fc1ccc(Nc2ncnc3ccc(-c4cncs4)cc23)cc1. The largest absolute Gasteiger partial charge is 0.340 e. The maximum atomic E-state index is 13.0. The number of nitrogens with one attached hydrogen (secondary N) is 1. The minimum absolute atomic E-state index is 0.268. The summed E-state index contributed by atoms with van der Waals surface area (Å²) in [6, 6.07) is 12.2. The van der Waals surface area contributed by atoms with Crippen molar-refractivity contribution in [3.8, 4) is 10.4 Å². The molecule has 2 aromatic carbocycles. The Morgan fingerprint density at radius 1 is 1.00 bits per heavy atom. The number of fused-ring (bicyclic) bond motifs is 1. The number of anilines is 2. The molecule has 0 atom stereocenters. The molecular formula is C17H11FN4S. The van der Waals surface area contributed by atoms with E-state index in [4.69, 9.17) is 0 Å². The van der Waals surface area contributed by atoms with Crippen molar-refractivity contribution in [1.29, 1.82) is 0 Å². The van der Waals surface area contributed by atoms with Crippen molar-refractivity contribution in [2.45, 2.75) is 0 Å². The van der Waals surface area contributed by atoms with Crippen LogP contribution >= 0.6 is 11.3 Å². The van der Waals surface area contributed by atoms with Crippen LogP contribution in [-0.2, 0) is 0 Å². The molecule has 2 heterocycles. The molecular weight excluding hydrogens is 311 g/mol. The fourth-order valence-electron chi connectivity index (χ4n) is 2.34. The zero-order chi connectivity index (χ0) is 15.6. The Labute approximate surface area is 135 Å². The molecule has 6 heteroatoms. The number of nitrogens with zero attached hydrogens (tertiary/aromatic N) is 3. The first-order chi connectivity index (χ1) is 11.3. The van der Waals surface area contributed by atoms with Crippen molar-refractivity contribution in [3.63, 3.8) is 0 Å². The molecule has 0 amide bonds. The molecule has 0 radical (unpaired) electrons. The monoisotopic (exact) mass is 322 g/mol. The van der Waals surface area contributed by atoms with E-state index in [9.17, 15) is 4.39 Å². The summed E-state index contributed by atoms with van der Waals surface area (Å²) >= 11 is 1.58. The van der Waals surface area contributed by atoms with Crippen LogP contribution in [-0.4, -0.2) is 15.0 Å². The molecule has 4 rings (SSSR count). The average Bonchev–Trinajstić information content (AvgIpc) is 3.11. The van der Waals surface area contributed by atoms with Crippen LogP contribution in [0.3, 0.4) is 0 Å². The molecule has 23 heavy (non-hydrogen) atoms. The van der Waals surface area contributed by atoms with Gasteiger partial charge >= 0.3 is 0 Å². The van der Waals surface area contributed by atoms with Crippen molar-refractivity contribution >= 4 is 33.7 Å². The summed E-state index contributed by atoms with van der Waals surface area (Å²) in [5.41, 5.74) is 4.49. The summed E-state index contributed by atoms with van der Waals surface area (Å²) in [4.78, 5) is 13.8. The Balaban J connectivity index is 1.79. The molecule has 4 nitrogen and oxygen atoms in total. The van der Waals surface area contributed by atoms with Gasteiger partial charge in [-0.05, 0) is 42.0 Å². The van der Waals surface area contributed by atoms with E-state index in [1.54, 1.807) is 29.0 Å². The van der Waals surface area contributed by atoms with Gasteiger partial charge < -0.3 is 5.32 Å². The maximum absolute atomic E-state index is 13.0. The highest BCUT2D eigenvalue weighted by molar-refractivity contribution is 7.13. The number of rotatable bonds is 3. The summed E-state index contributed by atoms with van der Waals surface area (Å²) in [6.07, 6.45) is 3.35. The van der Waals surface area contributed by atoms with E-state index in [2.05, 4.69) is 20.3 Å². The Bertz CT molecular complexity index is 952. The van der Waals surface area contributed by atoms with Crippen LogP contribution in [0.5, 0.6) is 0 Å². The first kappa shape index (κ1) is 13.8. The number of benzene rings is 2. The molecule has 0 aliphatic rings. The first-order valence-corrected chi connectivity index (χ1v) is 7.84. The summed E-state index contributed by atoms with van der Waals surface area (Å²) in [6.45, 7) is 0. The quantitative estimate of drug-likeness (QED) is 0.597. The highest BCUT2D eigenvalue weighted by atomic mass is 32.1. The molecule has 0 saturated heterocycles. The summed E-state index contributed by atoms with van der Waals surface area (Å²) in [7, 11) is 0. The third kappa shape index (κ3) is 2.76. The van der Waals surface area contributed by atoms with Crippen LogP contribution in [0.2, 0.25) is 0 Å². The number of hydrogen-bond donors (Lipinski definition) is 1. The van der Waals surface area contributed by atoms with Crippen LogP contribution in [0.1, 0.15) is 0 Å². The Hall–Kier alpha value is -2.86. The van der Waals surface area contributed by atoms with Gasteiger partial charge in [-0.25, -0.2) is 14.4 Å². The van der Waals surface area contributed by atoms with Crippen LogP contribution in [0.4, 0.5) is 15.9 Å². The lowest BCUT2D eigenvalue weighted by Gasteiger charge is -2.09. The van der Waals surface area contributed by atoms with Crippen LogP contribution in [0.15, 0.2) is 60.5 Å².